The topological polar surface area (TPSA) is 41.5 Å². The maximum Gasteiger partial charge on any atom is 0.126 e. The second kappa shape index (κ2) is 7.34. The van der Waals surface area contributed by atoms with E-state index in [9.17, 15) is 4.39 Å². The summed E-state index contributed by atoms with van der Waals surface area (Å²) < 4.78 is 18.9. The molecule has 1 aromatic carbocycles. The van der Waals surface area contributed by atoms with Crippen molar-refractivity contribution in [1.29, 1.82) is 0 Å². The molecule has 2 unspecified atom stereocenters. The van der Waals surface area contributed by atoms with E-state index in [0.29, 0.717) is 12.4 Å². The van der Waals surface area contributed by atoms with Gasteiger partial charge in [-0.2, -0.15) is 0 Å². The molecule has 0 spiro atoms. The first-order chi connectivity index (χ1) is 8.58. The molecule has 4 heteroatoms. The standard InChI is InChI=1S/C14H22FNO2/c1-4-16-11(3)13-6-5-12(15)7-14(13)18-9-10(2)8-17/h5-7,10-11,16-17H,4,8-9H2,1-3H3. The summed E-state index contributed by atoms with van der Waals surface area (Å²) in [6, 6.07) is 4.68. The fraction of sp³-hybridized carbons (Fsp3) is 0.571. The van der Waals surface area contributed by atoms with Crippen molar-refractivity contribution in [2.45, 2.75) is 26.8 Å². The van der Waals surface area contributed by atoms with Gasteiger partial charge in [0.2, 0.25) is 0 Å². The number of nitrogens with one attached hydrogen (secondary N) is 1. The first kappa shape index (κ1) is 14.9. The van der Waals surface area contributed by atoms with Crippen LogP contribution in [0.5, 0.6) is 5.75 Å². The number of ether oxygens (including phenoxy) is 1. The molecule has 18 heavy (non-hydrogen) atoms. The quantitative estimate of drug-likeness (QED) is 0.786. The average Bonchev–Trinajstić information content (AvgIpc) is 2.36. The van der Waals surface area contributed by atoms with Gasteiger partial charge in [-0.05, 0) is 19.5 Å². The summed E-state index contributed by atoms with van der Waals surface area (Å²) in [6.07, 6.45) is 0. The Morgan fingerprint density at radius 2 is 2.11 bits per heavy atom. The largest absolute Gasteiger partial charge is 0.493 e. The predicted octanol–water partition coefficient (Wildman–Crippen LogP) is 2.50. The van der Waals surface area contributed by atoms with Crippen molar-refractivity contribution >= 4 is 0 Å². The van der Waals surface area contributed by atoms with E-state index in [1.54, 1.807) is 6.07 Å². The molecule has 0 aromatic heterocycles. The number of halogens is 1. The van der Waals surface area contributed by atoms with Gasteiger partial charge in [0.1, 0.15) is 11.6 Å². The summed E-state index contributed by atoms with van der Waals surface area (Å²) in [7, 11) is 0. The molecule has 3 nitrogen and oxygen atoms in total. The molecule has 0 aliphatic carbocycles. The van der Waals surface area contributed by atoms with Gasteiger partial charge in [-0.1, -0.05) is 19.9 Å². The zero-order chi connectivity index (χ0) is 13.5. The lowest BCUT2D eigenvalue weighted by Gasteiger charge is -2.19. The van der Waals surface area contributed by atoms with Crippen LogP contribution in [0.3, 0.4) is 0 Å². The molecular weight excluding hydrogens is 233 g/mol. The second-order valence-electron chi connectivity index (χ2n) is 4.56. The van der Waals surface area contributed by atoms with Crippen LogP contribution in [0.15, 0.2) is 18.2 Å². The zero-order valence-electron chi connectivity index (χ0n) is 11.2. The molecule has 2 N–H and O–H groups in total. The Labute approximate surface area is 108 Å². The fourth-order valence-electron chi connectivity index (χ4n) is 1.69. The van der Waals surface area contributed by atoms with Crippen LogP contribution in [0.1, 0.15) is 32.4 Å². The van der Waals surface area contributed by atoms with E-state index >= 15 is 0 Å². The highest BCUT2D eigenvalue weighted by atomic mass is 19.1. The van der Waals surface area contributed by atoms with Crippen LogP contribution in [-0.2, 0) is 0 Å². The van der Waals surface area contributed by atoms with Crippen LogP contribution in [0.4, 0.5) is 4.39 Å². The summed E-state index contributed by atoms with van der Waals surface area (Å²) in [5.74, 6) is 0.272. The Bertz CT molecular complexity index is 371. The van der Waals surface area contributed by atoms with Gasteiger partial charge >= 0.3 is 0 Å². The molecule has 0 saturated carbocycles. The van der Waals surface area contributed by atoms with E-state index < -0.39 is 0 Å². The zero-order valence-corrected chi connectivity index (χ0v) is 11.2. The van der Waals surface area contributed by atoms with Gasteiger partial charge in [0.15, 0.2) is 0 Å². The Balaban J connectivity index is 2.82. The van der Waals surface area contributed by atoms with E-state index in [1.807, 2.05) is 20.8 Å². The lowest BCUT2D eigenvalue weighted by molar-refractivity contribution is 0.173. The molecule has 0 heterocycles. The molecule has 2 atom stereocenters. The van der Waals surface area contributed by atoms with Gasteiger partial charge in [-0.15, -0.1) is 0 Å². The average molecular weight is 255 g/mol. The molecule has 0 radical (unpaired) electrons. The van der Waals surface area contributed by atoms with Gasteiger partial charge in [0.25, 0.3) is 0 Å². The van der Waals surface area contributed by atoms with Crippen molar-refractivity contribution in [2.24, 2.45) is 5.92 Å². The molecular formula is C14H22FNO2. The Hall–Kier alpha value is -1.13. The summed E-state index contributed by atoms with van der Waals surface area (Å²) in [5, 5.41) is 12.2. The number of hydrogen-bond donors (Lipinski definition) is 2. The number of hydrogen-bond acceptors (Lipinski definition) is 3. The molecule has 0 amide bonds. The van der Waals surface area contributed by atoms with E-state index in [-0.39, 0.29) is 24.4 Å². The van der Waals surface area contributed by atoms with E-state index in [1.165, 1.54) is 12.1 Å². The van der Waals surface area contributed by atoms with Gasteiger partial charge in [0.05, 0.1) is 6.61 Å². The number of aliphatic hydroxyl groups excluding tert-OH is 1. The van der Waals surface area contributed by atoms with Gasteiger partial charge in [-0.3, -0.25) is 0 Å². The third kappa shape index (κ3) is 4.27. The molecule has 0 saturated heterocycles. The highest BCUT2D eigenvalue weighted by molar-refractivity contribution is 5.36. The van der Waals surface area contributed by atoms with Crippen molar-refractivity contribution in [1.82, 2.24) is 5.32 Å². The number of rotatable bonds is 7. The van der Waals surface area contributed by atoms with Crippen LogP contribution in [0.2, 0.25) is 0 Å². The monoisotopic (exact) mass is 255 g/mol. The van der Waals surface area contributed by atoms with Crippen molar-refractivity contribution in [3.8, 4) is 5.75 Å². The summed E-state index contributed by atoms with van der Waals surface area (Å²) in [6.45, 7) is 7.20. The van der Waals surface area contributed by atoms with Crippen LogP contribution in [0, 0.1) is 11.7 Å². The number of aliphatic hydroxyl groups is 1. The lowest BCUT2D eigenvalue weighted by atomic mass is 10.1. The number of benzene rings is 1. The molecule has 0 fully saturated rings. The minimum absolute atomic E-state index is 0.0376. The SMILES string of the molecule is CCNC(C)c1ccc(F)cc1OCC(C)CO. The molecule has 0 aliphatic rings. The fourth-order valence-corrected chi connectivity index (χ4v) is 1.69. The lowest BCUT2D eigenvalue weighted by Crippen LogP contribution is -2.20. The van der Waals surface area contributed by atoms with Crippen molar-refractivity contribution in [3.63, 3.8) is 0 Å². The molecule has 0 bridgehead atoms. The molecule has 0 aliphatic heterocycles. The minimum atomic E-state index is -0.311. The Morgan fingerprint density at radius 3 is 2.72 bits per heavy atom. The second-order valence-corrected chi connectivity index (χ2v) is 4.56. The summed E-state index contributed by atoms with van der Waals surface area (Å²) >= 11 is 0. The highest BCUT2D eigenvalue weighted by Crippen LogP contribution is 2.26. The van der Waals surface area contributed by atoms with Gasteiger partial charge < -0.3 is 15.2 Å². The summed E-state index contributed by atoms with van der Waals surface area (Å²) in [5.41, 5.74) is 0.934. The van der Waals surface area contributed by atoms with Crippen LogP contribution < -0.4 is 10.1 Å². The maximum absolute atomic E-state index is 13.3. The molecule has 1 aromatic rings. The Morgan fingerprint density at radius 1 is 1.39 bits per heavy atom. The van der Waals surface area contributed by atoms with Crippen LogP contribution in [-0.4, -0.2) is 24.9 Å². The van der Waals surface area contributed by atoms with Crippen LogP contribution in [0.25, 0.3) is 0 Å². The van der Waals surface area contributed by atoms with E-state index in [0.717, 1.165) is 12.1 Å². The van der Waals surface area contributed by atoms with E-state index in [4.69, 9.17) is 9.84 Å². The third-order valence-electron chi connectivity index (χ3n) is 2.79. The third-order valence-corrected chi connectivity index (χ3v) is 2.79. The highest BCUT2D eigenvalue weighted by Gasteiger charge is 2.13. The Kier molecular flexibility index (Phi) is 6.09. The van der Waals surface area contributed by atoms with Crippen LogP contribution >= 0.6 is 0 Å². The van der Waals surface area contributed by atoms with Crippen molar-refractivity contribution in [2.75, 3.05) is 19.8 Å². The first-order valence-corrected chi connectivity index (χ1v) is 6.35. The van der Waals surface area contributed by atoms with E-state index in [2.05, 4.69) is 5.32 Å². The smallest absolute Gasteiger partial charge is 0.126 e. The minimum Gasteiger partial charge on any atom is -0.493 e. The molecule has 102 valence electrons. The maximum atomic E-state index is 13.3. The van der Waals surface area contributed by atoms with Gasteiger partial charge in [0, 0.05) is 30.2 Å². The summed E-state index contributed by atoms with van der Waals surface area (Å²) in [4.78, 5) is 0. The predicted molar refractivity (Wildman–Crippen MR) is 70.2 cm³/mol. The molecule has 1 rings (SSSR count). The van der Waals surface area contributed by atoms with Crippen molar-refractivity contribution < 1.29 is 14.2 Å². The normalized spacial score (nSPS) is 14.3. The first-order valence-electron chi connectivity index (χ1n) is 6.35. The van der Waals surface area contributed by atoms with Crippen molar-refractivity contribution in [3.05, 3.63) is 29.6 Å². The van der Waals surface area contributed by atoms with Gasteiger partial charge in [-0.25, -0.2) is 4.39 Å².